The van der Waals surface area contributed by atoms with Crippen LogP contribution in [-0.4, -0.2) is 20.2 Å². The summed E-state index contributed by atoms with van der Waals surface area (Å²) >= 11 is 0. The molecule has 2 nitrogen and oxygen atoms in total. The lowest BCUT2D eigenvalue weighted by atomic mass is 9.68. The van der Waals surface area contributed by atoms with Gasteiger partial charge in [-0.05, 0) is 75.1 Å². The monoisotopic (exact) mass is 289 g/mol. The van der Waals surface area contributed by atoms with Gasteiger partial charge in [0.25, 0.3) is 0 Å². The molecule has 3 unspecified atom stereocenters. The van der Waals surface area contributed by atoms with Gasteiger partial charge in [0.15, 0.2) is 0 Å². The lowest BCUT2D eigenvalue weighted by Gasteiger charge is -2.38. The molecule has 2 rings (SSSR count). The van der Waals surface area contributed by atoms with Crippen molar-refractivity contribution in [2.24, 2.45) is 17.8 Å². The lowest BCUT2D eigenvalue weighted by Crippen LogP contribution is -2.32. The van der Waals surface area contributed by atoms with Gasteiger partial charge in [-0.1, -0.05) is 32.0 Å². The van der Waals surface area contributed by atoms with Crippen LogP contribution in [0.4, 0.5) is 0 Å². The summed E-state index contributed by atoms with van der Waals surface area (Å²) in [5, 5.41) is 3.39. The van der Waals surface area contributed by atoms with Crippen molar-refractivity contribution in [3.8, 4) is 5.75 Å². The van der Waals surface area contributed by atoms with Crippen LogP contribution in [0.15, 0.2) is 24.3 Å². The highest BCUT2D eigenvalue weighted by molar-refractivity contribution is 5.37. The van der Waals surface area contributed by atoms with E-state index >= 15 is 0 Å². The molecule has 2 heteroatoms. The maximum atomic E-state index is 5.89. The van der Waals surface area contributed by atoms with Crippen molar-refractivity contribution in [2.45, 2.75) is 46.0 Å². The topological polar surface area (TPSA) is 21.3 Å². The number of ether oxygens (including phenoxy) is 1. The highest BCUT2D eigenvalue weighted by Gasteiger charge is 2.33. The normalized spacial score (nSPS) is 26.0. The molecule has 0 heterocycles. The molecule has 1 fully saturated rings. The van der Waals surface area contributed by atoms with Gasteiger partial charge < -0.3 is 10.1 Å². The van der Waals surface area contributed by atoms with Crippen molar-refractivity contribution >= 4 is 0 Å². The van der Waals surface area contributed by atoms with Crippen molar-refractivity contribution in [1.82, 2.24) is 5.32 Å². The second kappa shape index (κ2) is 7.84. The first-order valence-corrected chi connectivity index (χ1v) is 8.53. The minimum atomic E-state index is 0.626. The molecule has 118 valence electrons. The van der Waals surface area contributed by atoms with Crippen LogP contribution in [0.2, 0.25) is 0 Å². The largest absolute Gasteiger partial charge is 0.494 e. The van der Waals surface area contributed by atoms with Crippen LogP contribution in [0.1, 0.15) is 51.5 Å². The van der Waals surface area contributed by atoms with Crippen molar-refractivity contribution in [1.29, 1.82) is 0 Å². The second-order valence-corrected chi connectivity index (χ2v) is 6.71. The number of rotatable bonds is 6. The summed E-state index contributed by atoms with van der Waals surface area (Å²) in [6.45, 7) is 8.66. The smallest absolute Gasteiger partial charge is 0.122 e. The lowest BCUT2D eigenvalue weighted by molar-refractivity contribution is 0.189. The number of hydrogen-bond acceptors (Lipinski definition) is 2. The van der Waals surface area contributed by atoms with Crippen LogP contribution < -0.4 is 10.1 Å². The molecule has 1 aliphatic rings. The minimum absolute atomic E-state index is 0.626. The molecule has 0 aliphatic heterocycles. The fraction of sp³-hybridized carbons (Fsp3) is 0.684. The van der Waals surface area contributed by atoms with Gasteiger partial charge in [0.2, 0.25) is 0 Å². The van der Waals surface area contributed by atoms with Crippen molar-refractivity contribution in [3.63, 3.8) is 0 Å². The molecule has 1 aliphatic carbocycles. The van der Waals surface area contributed by atoms with Gasteiger partial charge in [-0.3, -0.25) is 0 Å². The molecule has 0 bridgehead atoms. The SMILES string of the molecule is CCOc1ccccc1C1CC(C(C)C)CCC1CNC. The van der Waals surface area contributed by atoms with E-state index in [2.05, 4.69) is 57.4 Å². The first kappa shape index (κ1) is 16.4. The third kappa shape index (κ3) is 4.00. The van der Waals surface area contributed by atoms with Crippen LogP contribution in [0.3, 0.4) is 0 Å². The summed E-state index contributed by atoms with van der Waals surface area (Å²) in [5.74, 6) is 4.07. The molecule has 0 aromatic heterocycles. The first-order valence-electron chi connectivity index (χ1n) is 8.53. The fourth-order valence-corrected chi connectivity index (χ4v) is 3.83. The van der Waals surface area contributed by atoms with Gasteiger partial charge in [-0.25, -0.2) is 0 Å². The molecule has 1 aromatic rings. The van der Waals surface area contributed by atoms with Gasteiger partial charge in [0.1, 0.15) is 5.75 Å². The van der Waals surface area contributed by atoms with E-state index in [0.29, 0.717) is 5.92 Å². The molecule has 0 spiro atoms. The Hall–Kier alpha value is -1.02. The second-order valence-electron chi connectivity index (χ2n) is 6.71. The molecule has 1 aromatic carbocycles. The molecule has 1 N–H and O–H groups in total. The summed E-state index contributed by atoms with van der Waals surface area (Å²) in [6.07, 6.45) is 4.00. The first-order chi connectivity index (χ1) is 10.2. The number of nitrogens with one attached hydrogen (secondary N) is 1. The Kier molecular flexibility index (Phi) is 6.10. The molecule has 3 atom stereocenters. The fourth-order valence-electron chi connectivity index (χ4n) is 3.83. The molecular formula is C19H31NO. The van der Waals surface area contributed by atoms with Crippen molar-refractivity contribution in [2.75, 3.05) is 20.2 Å². The maximum absolute atomic E-state index is 5.89. The van der Waals surface area contributed by atoms with E-state index < -0.39 is 0 Å². The summed E-state index contributed by atoms with van der Waals surface area (Å²) in [7, 11) is 2.07. The van der Waals surface area contributed by atoms with E-state index in [-0.39, 0.29) is 0 Å². The maximum Gasteiger partial charge on any atom is 0.122 e. The third-order valence-electron chi connectivity index (χ3n) is 5.06. The van der Waals surface area contributed by atoms with Crippen LogP contribution in [0.5, 0.6) is 5.75 Å². The predicted octanol–water partition coefficient (Wildman–Crippen LogP) is 4.46. The average molecular weight is 289 g/mol. The van der Waals surface area contributed by atoms with E-state index in [0.717, 1.165) is 36.7 Å². The number of para-hydroxylation sites is 1. The highest BCUT2D eigenvalue weighted by Crippen LogP contribution is 2.45. The van der Waals surface area contributed by atoms with Gasteiger partial charge in [-0.2, -0.15) is 0 Å². The van der Waals surface area contributed by atoms with Crippen LogP contribution in [-0.2, 0) is 0 Å². The van der Waals surface area contributed by atoms with Gasteiger partial charge in [0, 0.05) is 0 Å². The molecule has 0 radical (unpaired) electrons. The Morgan fingerprint density at radius 1 is 1.24 bits per heavy atom. The average Bonchev–Trinajstić information content (AvgIpc) is 2.49. The Labute approximate surface area is 130 Å². The zero-order valence-corrected chi connectivity index (χ0v) is 14.1. The Bertz CT molecular complexity index is 429. The molecule has 0 amide bonds. The quantitative estimate of drug-likeness (QED) is 0.835. The molecule has 0 saturated heterocycles. The Morgan fingerprint density at radius 2 is 2.00 bits per heavy atom. The highest BCUT2D eigenvalue weighted by atomic mass is 16.5. The van der Waals surface area contributed by atoms with Gasteiger partial charge in [0.05, 0.1) is 6.61 Å². The summed E-state index contributed by atoms with van der Waals surface area (Å²) in [5.41, 5.74) is 1.42. The molecule has 1 saturated carbocycles. The van der Waals surface area contributed by atoms with E-state index in [1.54, 1.807) is 0 Å². The van der Waals surface area contributed by atoms with E-state index in [1.165, 1.54) is 24.8 Å². The van der Waals surface area contributed by atoms with E-state index in [9.17, 15) is 0 Å². The van der Waals surface area contributed by atoms with Crippen molar-refractivity contribution < 1.29 is 4.74 Å². The van der Waals surface area contributed by atoms with E-state index in [1.807, 2.05) is 0 Å². The molecular weight excluding hydrogens is 258 g/mol. The third-order valence-corrected chi connectivity index (χ3v) is 5.06. The predicted molar refractivity (Wildman–Crippen MR) is 89.9 cm³/mol. The summed E-state index contributed by atoms with van der Waals surface area (Å²) in [6, 6.07) is 8.66. The minimum Gasteiger partial charge on any atom is -0.494 e. The molecule has 21 heavy (non-hydrogen) atoms. The van der Waals surface area contributed by atoms with Crippen molar-refractivity contribution in [3.05, 3.63) is 29.8 Å². The Morgan fingerprint density at radius 3 is 2.67 bits per heavy atom. The Balaban J connectivity index is 2.26. The number of benzene rings is 1. The standard InChI is InChI=1S/C19H31NO/c1-5-21-19-9-7-6-8-17(19)18-12-15(14(2)3)10-11-16(18)13-20-4/h6-9,14-16,18,20H,5,10-13H2,1-4H3. The summed E-state index contributed by atoms with van der Waals surface area (Å²) < 4.78 is 5.89. The van der Waals surface area contributed by atoms with E-state index in [4.69, 9.17) is 4.74 Å². The van der Waals surface area contributed by atoms with Gasteiger partial charge in [-0.15, -0.1) is 0 Å². The van der Waals surface area contributed by atoms with Crippen LogP contribution in [0, 0.1) is 17.8 Å². The number of hydrogen-bond donors (Lipinski definition) is 1. The zero-order valence-electron chi connectivity index (χ0n) is 14.1. The van der Waals surface area contributed by atoms with Crippen LogP contribution in [0.25, 0.3) is 0 Å². The van der Waals surface area contributed by atoms with Gasteiger partial charge >= 0.3 is 0 Å². The van der Waals surface area contributed by atoms with Crippen LogP contribution >= 0.6 is 0 Å². The summed E-state index contributed by atoms with van der Waals surface area (Å²) in [4.78, 5) is 0. The zero-order chi connectivity index (χ0) is 15.2.